The SMILES string of the molecule is CCCCCCCCc1cc2c(cc1OC(CCCCCC)C(=O)Nc1ccc(Cl)c(NC(=O)C(C(=O)C(C)(C)C)N3C(=O)OC(C)(C)C3=O)c1)C(C(C)C)CC(C)(C)O2. The van der Waals surface area contributed by atoms with E-state index in [-0.39, 0.29) is 28.1 Å². The molecule has 3 atom stereocenters. The fraction of sp³-hybridized carbons (Fsp3) is 0.646. The van der Waals surface area contributed by atoms with E-state index in [0.717, 1.165) is 68.2 Å². The lowest BCUT2D eigenvalue weighted by atomic mass is 9.77. The van der Waals surface area contributed by atoms with Gasteiger partial charge in [0.05, 0.1) is 10.7 Å². The normalized spacial score (nSPS) is 18.0. The third-order valence-corrected chi connectivity index (χ3v) is 11.8. The summed E-state index contributed by atoms with van der Waals surface area (Å²) in [6, 6.07) is 7.03. The number of benzene rings is 2. The minimum Gasteiger partial charge on any atom is -0.488 e. The lowest BCUT2D eigenvalue weighted by molar-refractivity contribution is -0.145. The Labute approximate surface area is 363 Å². The van der Waals surface area contributed by atoms with Crippen molar-refractivity contribution >= 4 is 52.6 Å². The molecule has 0 radical (unpaired) electrons. The highest BCUT2D eigenvalue weighted by molar-refractivity contribution is 6.34. The number of aryl methyl sites for hydroxylation is 1. The van der Waals surface area contributed by atoms with Gasteiger partial charge in [-0.1, -0.05) is 111 Å². The quantitative estimate of drug-likeness (QED) is 0.0934. The highest BCUT2D eigenvalue weighted by Gasteiger charge is 2.55. The number of cyclic esters (lactones) is 1. The molecule has 0 bridgehead atoms. The summed E-state index contributed by atoms with van der Waals surface area (Å²) in [7, 11) is 0. The molecule has 2 aliphatic rings. The third-order valence-electron chi connectivity index (χ3n) is 11.4. The molecule has 2 aromatic rings. The molecule has 2 N–H and O–H groups in total. The number of ketones is 1. The van der Waals surface area contributed by atoms with Crippen LogP contribution in [0.1, 0.15) is 170 Å². The van der Waals surface area contributed by atoms with E-state index in [2.05, 4.69) is 64.3 Å². The number of rotatable bonds is 21. The summed E-state index contributed by atoms with van der Waals surface area (Å²) < 4.78 is 18.6. The number of halogens is 1. The first-order valence-electron chi connectivity index (χ1n) is 22.1. The number of unbranched alkanes of at least 4 members (excludes halogenated alkanes) is 8. The average Bonchev–Trinajstić information content (AvgIpc) is 3.36. The van der Waals surface area contributed by atoms with Crippen molar-refractivity contribution < 1.29 is 38.2 Å². The number of carbonyl (C=O) groups is 5. The van der Waals surface area contributed by atoms with Gasteiger partial charge in [-0.2, -0.15) is 0 Å². The van der Waals surface area contributed by atoms with Crippen molar-refractivity contribution in [1.82, 2.24) is 4.90 Å². The number of carbonyl (C=O) groups excluding carboxylic acids is 5. The number of nitrogens with zero attached hydrogens (tertiary/aromatic N) is 1. The predicted molar refractivity (Wildman–Crippen MR) is 238 cm³/mol. The molecular weight excluding hydrogens is 782 g/mol. The Hall–Kier alpha value is -4.12. The van der Waals surface area contributed by atoms with Gasteiger partial charge in [0, 0.05) is 16.7 Å². The van der Waals surface area contributed by atoms with Gasteiger partial charge in [-0.05, 0) is 108 Å². The Kier molecular flexibility index (Phi) is 16.7. The molecule has 3 unspecified atom stereocenters. The molecule has 0 aromatic heterocycles. The van der Waals surface area contributed by atoms with E-state index in [4.69, 9.17) is 25.8 Å². The largest absolute Gasteiger partial charge is 0.488 e. The van der Waals surface area contributed by atoms with E-state index < -0.39 is 46.9 Å². The van der Waals surface area contributed by atoms with Crippen molar-refractivity contribution in [3.8, 4) is 11.5 Å². The molecule has 0 spiro atoms. The Morgan fingerprint density at radius 2 is 1.50 bits per heavy atom. The highest BCUT2D eigenvalue weighted by atomic mass is 35.5. The van der Waals surface area contributed by atoms with Crippen molar-refractivity contribution in [2.24, 2.45) is 11.3 Å². The highest BCUT2D eigenvalue weighted by Crippen LogP contribution is 2.47. The van der Waals surface area contributed by atoms with E-state index in [9.17, 15) is 24.0 Å². The molecule has 4 rings (SSSR count). The Morgan fingerprint density at radius 3 is 2.10 bits per heavy atom. The molecule has 2 aliphatic heterocycles. The summed E-state index contributed by atoms with van der Waals surface area (Å²) in [5.74, 6) is -0.573. The number of nitrogens with one attached hydrogen (secondary N) is 2. The smallest absolute Gasteiger partial charge is 0.418 e. The van der Waals surface area contributed by atoms with Crippen molar-refractivity contribution in [2.45, 2.75) is 189 Å². The van der Waals surface area contributed by atoms with Crippen LogP contribution in [0.2, 0.25) is 5.02 Å². The molecule has 2 heterocycles. The molecule has 0 saturated carbocycles. The first-order valence-corrected chi connectivity index (χ1v) is 22.5. The number of anilines is 2. The van der Waals surface area contributed by atoms with Crippen molar-refractivity contribution in [2.75, 3.05) is 10.6 Å². The molecule has 332 valence electrons. The molecule has 0 aliphatic carbocycles. The number of hydrogen-bond donors (Lipinski definition) is 2. The van der Waals surface area contributed by atoms with Gasteiger partial charge in [-0.25, -0.2) is 9.69 Å². The Bertz CT molecular complexity index is 1870. The van der Waals surface area contributed by atoms with Crippen LogP contribution in [0.25, 0.3) is 0 Å². The first-order chi connectivity index (χ1) is 28.1. The molecule has 4 amide bonds. The second kappa shape index (κ2) is 20.6. The zero-order valence-electron chi connectivity index (χ0n) is 38.0. The lowest BCUT2D eigenvalue weighted by Gasteiger charge is -2.40. The Morgan fingerprint density at radius 1 is 0.867 bits per heavy atom. The number of fused-ring (bicyclic) bond motifs is 1. The maximum Gasteiger partial charge on any atom is 0.418 e. The van der Waals surface area contributed by atoms with E-state index in [1.165, 1.54) is 51.7 Å². The fourth-order valence-corrected chi connectivity index (χ4v) is 8.08. The maximum absolute atomic E-state index is 14.3. The van der Waals surface area contributed by atoms with Crippen LogP contribution in [0.15, 0.2) is 30.3 Å². The van der Waals surface area contributed by atoms with E-state index in [0.29, 0.717) is 28.7 Å². The number of amides is 4. The van der Waals surface area contributed by atoms with Crippen molar-refractivity contribution in [3.05, 3.63) is 46.5 Å². The van der Waals surface area contributed by atoms with Crippen molar-refractivity contribution in [1.29, 1.82) is 0 Å². The molecule has 1 saturated heterocycles. The monoisotopic (exact) mass is 851 g/mol. The van der Waals surface area contributed by atoms with Crippen LogP contribution in [0.4, 0.5) is 16.2 Å². The van der Waals surface area contributed by atoms with Gasteiger partial charge in [-0.15, -0.1) is 0 Å². The van der Waals surface area contributed by atoms with E-state index in [1.807, 2.05) is 0 Å². The minimum atomic E-state index is -1.82. The zero-order valence-corrected chi connectivity index (χ0v) is 38.7. The third kappa shape index (κ3) is 12.5. The lowest BCUT2D eigenvalue weighted by Crippen LogP contribution is -2.55. The summed E-state index contributed by atoms with van der Waals surface area (Å²) in [5.41, 5.74) is -0.443. The maximum atomic E-state index is 14.3. The second-order valence-corrected chi connectivity index (χ2v) is 19.5. The summed E-state index contributed by atoms with van der Waals surface area (Å²) in [4.78, 5) is 68.6. The number of hydrogen-bond acceptors (Lipinski definition) is 8. The van der Waals surface area contributed by atoms with Gasteiger partial charge in [0.15, 0.2) is 23.5 Å². The van der Waals surface area contributed by atoms with Gasteiger partial charge in [0.1, 0.15) is 17.1 Å². The fourth-order valence-electron chi connectivity index (χ4n) is 7.92. The van der Waals surface area contributed by atoms with Gasteiger partial charge in [-0.3, -0.25) is 19.2 Å². The van der Waals surface area contributed by atoms with Gasteiger partial charge < -0.3 is 24.8 Å². The first kappa shape index (κ1) is 48.5. The molecule has 2 aromatic carbocycles. The minimum absolute atomic E-state index is 0.0735. The number of ether oxygens (including phenoxy) is 3. The standard InChI is InChI=1S/C48H70ClN3O8/c1-12-14-16-18-19-20-22-31-26-39-33(34(30(3)4)29-47(8,9)59-39)28-38(31)58-37(23-21-17-15-13-2)42(54)50-32-24-25-35(49)36(27-32)51-43(55)40(41(53)46(5,6)7)52-44(56)48(10,11)60-45(52)57/h24-28,30,34,37,40H,12-23,29H2,1-11H3,(H,50,54)(H,51,55). The number of Topliss-reactive ketones (excluding diaryl/α,β-unsaturated/α-hetero) is 1. The van der Waals surface area contributed by atoms with Crippen molar-refractivity contribution in [3.63, 3.8) is 0 Å². The summed E-state index contributed by atoms with van der Waals surface area (Å²) in [6.07, 6.45) is 11.0. The zero-order chi connectivity index (χ0) is 44.6. The summed E-state index contributed by atoms with van der Waals surface area (Å²) in [5, 5.41) is 5.75. The van der Waals surface area contributed by atoms with Crippen LogP contribution in [-0.2, 0) is 30.3 Å². The topological polar surface area (TPSA) is 140 Å². The van der Waals surface area contributed by atoms with Crippen LogP contribution in [0.5, 0.6) is 11.5 Å². The molecule has 11 nitrogen and oxygen atoms in total. The Balaban J connectivity index is 1.65. The van der Waals surface area contributed by atoms with Crippen LogP contribution in [-0.4, -0.2) is 57.8 Å². The van der Waals surface area contributed by atoms with E-state index in [1.54, 1.807) is 26.8 Å². The predicted octanol–water partition coefficient (Wildman–Crippen LogP) is 11.6. The van der Waals surface area contributed by atoms with Crippen LogP contribution in [0.3, 0.4) is 0 Å². The van der Waals surface area contributed by atoms with Gasteiger partial charge in [0.2, 0.25) is 0 Å². The van der Waals surface area contributed by atoms with Gasteiger partial charge in [0.25, 0.3) is 17.7 Å². The van der Waals surface area contributed by atoms with Crippen LogP contribution >= 0.6 is 11.6 Å². The molecule has 60 heavy (non-hydrogen) atoms. The molecule has 12 heteroatoms. The average molecular weight is 853 g/mol. The van der Waals surface area contributed by atoms with Gasteiger partial charge >= 0.3 is 6.09 Å². The molecular formula is C48H70ClN3O8. The molecule has 1 fully saturated rings. The summed E-state index contributed by atoms with van der Waals surface area (Å²) in [6.45, 7) is 20.7. The van der Waals surface area contributed by atoms with Crippen LogP contribution < -0.4 is 20.1 Å². The summed E-state index contributed by atoms with van der Waals surface area (Å²) >= 11 is 6.57. The van der Waals surface area contributed by atoms with Crippen LogP contribution in [0, 0.1) is 11.3 Å². The second-order valence-electron chi connectivity index (χ2n) is 19.1. The number of imide groups is 1. The van der Waals surface area contributed by atoms with E-state index >= 15 is 0 Å².